The number of carbonyl (C=O) groups is 2. The number of fused-ring (bicyclic) bond motifs is 1. The second-order valence-electron chi connectivity index (χ2n) is 6.77. The SMILES string of the molecule is CN=C/C(=C\N)[C@H]1CN(C(=O)/C(N)=C/C(=O)C2CC2)Cc2ccccc21. The number of ketones is 1. The van der Waals surface area contributed by atoms with Gasteiger partial charge in [-0.1, -0.05) is 24.3 Å². The third kappa shape index (κ3) is 3.69. The first-order chi connectivity index (χ1) is 12.5. The molecule has 1 aliphatic heterocycles. The van der Waals surface area contributed by atoms with Crippen LogP contribution in [0.1, 0.15) is 29.9 Å². The summed E-state index contributed by atoms with van der Waals surface area (Å²) in [6, 6.07) is 7.96. The molecule has 136 valence electrons. The molecule has 1 heterocycles. The largest absolute Gasteiger partial charge is 0.404 e. The van der Waals surface area contributed by atoms with E-state index in [0.29, 0.717) is 13.1 Å². The molecule has 26 heavy (non-hydrogen) atoms. The molecule has 1 aliphatic carbocycles. The molecule has 0 unspecified atom stereocenters. The maximum absolute atomic E-state index is 12.8. The van der Waals surface area contributed by atoms with Crippen molar-refractivity contribution in [2.45, 2.75) is 25.3 Å². The number of hydrogen-bond acceptors (Lipinski definition) is 5. The fourth-order valence-corrected chi connectivity index (χ4v) is 3.33. The van der Waals surface area contributed by atoms with E-state index in [-0.39, 0.29) is 29.2 Å². The molecule has 1 aromatic carbocycles. The van der Waals surface area contributed by atoms with Gasteiger partial charge >= 0.3 is 0 Å². The molecule has 4 N–H and O–H groups in total. The predicted molar refractivity (Wildman–Crippen MR) is 101 cm³/mol. The standard InChI is InChI=1S/C20H24N4O2/c1-23-10-15(9-21)17-12-24(11-14-4-2-3-5-16(14)17)20(26)18(22)8-19(25)13-6-7-13/h2-5,8-10,13,17H,6-7,11-12,21-22H2,1H3/b15-9+,18-8-,23-10?/t17-/m1/s1. The van der Waals surface area contributed by atoms with Crippen molar-refractivity contribution in [3.8, 4) is 0 Å². The number of rotatable bonds is 5. The summed E-state index contributed by atoms with van der Waals surface area (Å²) in [5.41, 5.74) is 14.7. The Morgan fingerprint density at radius 3 is 2.65 bits per heavy atom. The molecule has 0 radical (unpaired) electrons. The van der Waals surface area contributed by atoms with Crippen molar-refractivity contribution in [3.63, 3.8) is 0 Å². The van der Waals surface area contributed by atoms with E-state index in [1.54, 1.807) is 18.2 Å². The Hall–Kier alpha value is -2.89. The number of nitrogens with two attached hydrogens (primary N) is 2. The lowest BCUT2D eigenvalue weighted by atomic mass is 9.85. The van der Waals surface area contributed by atoms with Gasteiger partial charge in [-0.3, -0.25) is 14.6 Å². The summed E-state index contributed by atoms with van der Waals surface area (Å²) in [4.78, 5) is 30.5. The fraction of sp³-hybridized carbons (Fsp3) is 0.350. The summed E-state index contributed by atoms with van der Waals surface area (Å²) in [5.74, 6) is -0.401. The number of benzene rings is 1. The van der Waals surface area contributed by atoms with E-state index in [1.807, 2.05) is 24.3 Å². The Morgan fingerprint density at radius 2 is 2.00 bits per heavy atom. The zero-order chi connectivity index (χ0) is 18.7. The van der Waals surface area contributed by atoms with Crippen LogP contribution in [-0.4, -0.2) is 36.4 Å². The Bertz CT molecular complexity index is 806. The zero-order valence-electron chi connectivity index (χ0n) is 14.9. The summed E-state index contributed by atoms with van der Waals surface area (Å²) in [7, 11) is 1.69. The summed E-state index contributed by atoms with van der Waals surface area (Å²) < 4.78 is 0. The first kappa shape index (κ1) is 17.9. The average molecular weight is 352 g/mol. The molecular weight excluding hydrogens is 328 g/mol. The molecule has 3 rings (SSSR count). The van der Waals surface area contributed by atoms with Crippen molar-refractivity contribution < 1.29 is 9.59 Å². The summed E-state index contributed by atoms with van der Waals surface area (Å²) in [5, 5.41) is 0. The Balaban J connectivity index is 1.88. The van der Waals surface area contributed by atoms with Gasteiger partial charge in [-0.25, -0.2) is 0 Å². The first-order valence-electron chi connectivity index (χ1n) is 8.77. The number of allylic oxidation sites excluding steroid dienone is 1. The molecule has 0 saturated heterocycles. The molecule has 1 amide bonds. The quantitative estimate of drug-likeness (QED) is 0.619. The van der Waals surface area contributed by atoms with Gasteiger partial charge in [0.15, 0.2) is 5.78 Å². The van der Waals surface area contributed by atoms with E-state index in [9.17, 15) is 9.59 Å². The Labute approximate surface area is 153 Å². The fourth-order valence-electron chi connectivity index (χ4n) is 3.33. The van der Waals surface area contributed by atoms with Crippen molar-refractivity contribution in [2.75, 3.05) is 13.6 Å². The third-order valence-electron chi connectivity index (χ3n) is 4.88. The zero-order valence-corrected chi connectivity index (χ0v) is 14.9. The highest BCUT2D eigenvalue weighted by atomic mass is 16.2. The molecule has 1 saturated carbocycles. The predicted octanol–water partition coefficient (Wildman–Crippen LogP) is 1.48. The molecule has 1 aromatic rings. The second-order valence-corrected chi connectivity index (χ2v) is 6.77. The minimum atomic E-state index is -0.316. The minimum Gasteiger partial charge on any atom is -0.404 e. The van der Waals surface area contributed by atoms with Gasteiger partial charge in [0.1, 0.15) is 5.70 Å². The Kier molecular flexibility index (Phi) is 5.21. The van der Waals surface area contributed by atoms with Crippen LogP contribution in [0.2, 0.25) is 0 Å². The average Bonchev–Trinajstić information content (AvgIpc) is 3.50. The minimum absolute atomic E-state index is 0.00229. The smallest absolute Gasteiger partial charge is 0.270 e. The van der Waals surface area contributed by atoms with E-state index in [4.69, 9.17) is 11.5 Å². The summed E-state index contributed by atoms with van der Waals surface area (Å²) >= 11 is 0. The van der Waals surface area contributed by atoms with Crippen LogP contribution in [0.15, 0.2) is 52.8 Å². The molecule has 6 nitrogen and oxygen atoms in total. The van der Waals surface area contributed by atoms with E-state index in [0.717, 1.165) is 29.5 Å². The molecular formula is C20H24N4O2. The molecule has 1 atom stereocenters. The molecule has 6 heteroatoms. The lowest BCUT2D eigenvalue weighted by Gasteiger charge is -2.35. The van der Waals surface area contributed by atoms with Gasteiger partial charge in [0.25, 0.3) is 5.91 Å². The number of carbonyl (C=O) groups excluding carboxylic acids is 2. The van der Waals surface area contributed by atoms with Crippen LogP contribution in [0.4, 0.5) is 0 Å². The van der Waals surface area contributed by atoms with Crippen molar-refractivity contribution in [3.05, 3.63) is 58.9 Å². The maximum Gasteiger partial charge on any atom is 0.270 e. The lowest BCUT2D eigenvalue weighted by Crippen LogP contribution is -2.41. The van der Waals surface area contributed by atoms with Crippen molar-refractivity contribution >= 4 is 17.9 Å². The maximum atomic E-state index is 12.8. The van der Waals surface area contributed by atoms with Crippen LogP contribution < -0.4 is 11.5 Å². The van der Waals surface area contributed by atoms with Crippen molar-refractivity contribution in [1.29, 1.82) is 0 Å². The molecule has 2 aliphatic rings. The van der Waals surface area contributed by atoms with Crippen LogP contribution in [0.3, 0.4) is 0 Å². The highest BCUT2D eigenvalue weighted by Crippen LogP contribution is 2.33. The van der Waals surface area contributed by atoms with Crippen molar-refractivity contribution in [2.24, 2.45) is 22.4 Å². The van der Waals surface area contributed by atoms with Crippen LogP contribution in [-0.2, 0) is 16.1 Å². The molecule has 1 fully saturated rings. The van der Waals surface area contributed by atoms with Gasteiger partial charge < -0.3 is 16.4 Å². The Morgan fingerprint density at radius 1 is 1.27 bits per heavy atom. The third-order valence-corrected chi connectivity index (χ3v) is 4.88. The van der Waals surface area contributed by atoms with E-state index in [1.165, 1.54) is 12.3 Å². The monoisotopic (exact) mass is 352 g/mol. The van der Waals surface area contributed by atoms with Gasteiger partial charge in [0, 0.05) is 44.3 Å². The van der Waals surface area contributed by atoms with E-state index in [2.05, 4.69) is 4.99 Å². The van der Waals surface area contributed by atoms with Gasteiger partial charge in [-0.15, -0.1) is 0 Å². The highest BCUT2D eigenvalue weighted by Gasteiger charge is 2.32. The van der Waals surface area contributed by atoms with E-state index < -0.39 is 0 Å². The van der Waals surface area contributed by atoms with Gasteiger partial charge in [-0.2, -0.15) is 0 Å². The summed E-state index contributed by atoms with van der Waals surface area (Å²) in [6.07, 6.45) is 6.31. The van der Waals surface area contributed by atoms with Gasteiger partial charge in [-0.05, 0) is 35.7 Å². The number of hydrogen-bond donors (Lipinski definition) is 2. The van der Waals surface area contributed by atoms with Crippen molar-refractivity contribution in [1.82, 2.24) is 4.90 Å². The van der Waals surface area contributed by atoms with Crippen LogP contribution >= 0.6 is 0 Å². The van der Waals surface area contributed by atoms with Crippen LogP contribution in [0.25, 0.3) is 0 Å². The topological polar surface area (TPSA) is 102 Å². The van der Waals surface area contributed by atoms with Crippen LogP contribution in [0.5, 0.6) is 0 Å². The molecule has 0 bridgehead atoms. The second kappa shape index (κ2) is 7.56. The van der Waals surface area contributed by atoms with Gasteiger partial charge in [0.05, 0.1) is 0 Å². The number of amides is 1. The normalized spacial score (nSPS) is 21.0. The van der Waals surface area contributed by atoms with Crippen LogP contribution in [0, 0.1) is 5.92 Å². The lowest BCUT2D eigenvalue weighted by molar-refractivity contribution is -0.128. The molecule has 0 aromatic heterocycles. The molecule has 0 spiro atoms. The highest BCUT2D eigenvalue weighted by molar-refractivity contribution is 6.02. The van der Waals surface area contributed by atoms with Gasteiger partial charge in [0.2, 0.25) is 0 Å². The number of nitrogens with zero attached hydrogens (tertiary/aromatic N) is 2. The first-order valence-corrected chi connectivity index (χ1v) is 8.77. The van der Waals surface area contributed by atoms with E-state index >= 15 is 0 Å². The summed E-state index contributed by atoms with van der Waals surface area (Å²) in [6.45, 7) is 0.899. The number of aliphatic imine (C=N–C) groups is 1.